The molecule has 1 aromatic heterocycles. The second-order valence-electron chi connectivity index (χ2n) is 8.61. The van der Waals surface area contributed by atoms with Crippen LogP contribution in [-0.4, -0.2) is 30.4 Å². The highest BCUT2D eigenvalue weighted by Gasteiger charge is 2.24. The minimum atomic E-state index is -0.358. The molecule has 1 N–H and O–H groups in total. The lowest BCUT2D eigenvalue weighted by molar-refractivity contribution is 0.0897. The van der Waals surface area contributed by atoms with Gasteiger partial charge in [0, 0.05) is 12.6 Å². The Morgan fingerprint density at radius 1 is 1.00 bits per heavy atom. The fraction of sp³-hybridized carbons (Fsp3) is 0.385. The summed E-state index contributed by atoms with van der Waals surface area (Å²) in [7, 11) is 0. The maximum Gasteiger partial charge on any atom is 0.287 e. The Morgan fingerprint density at radius 3 is 2.39 bits per heavy atom. The molecular formula is C26H30N2O3. The van der Waals surface area contributed by atoms with Crippen molar-refractivity contribution in [3.63, 3.8) is 0 Å². The van der Waals surface area contributed by atoms with E-state index in [1.54, 1.807) is 24.3 Å². The average Bonchev–Trinajstić information content (AvgIpc) is 2.80. The van der Waals surface area contributed by atoms with Crippen LogP contribution < -0.4 is 10.7 Å². The summed E-state index contributed by atoms with van der Waals surface area (Å²) < 4.78 is 5.70. The number of fused-ring (bicyclic) bond motifs is 1. The molecule has 2 heterocycles. The first kappa shape index (κ1) is 21.3. The van der Waals surface area contributed by atoms with Crippen LogP contribution in [0.3, 0.4) is 0 Å². The number of rotatable bonds is 6. The summed E-state index contributed by atoms with van der Waals surface area (Å²) in [5.74, 6) is 0.179. The fourth-order valence-electron chi connectivity index (χ4n) is 4.28. The van der Waals surface area contributed by atoms with E-state index >= 15 is 0 Å². The minimum absolute atomic E-state index is 0.0521. The molecule has 1 aliphatic heterocycles. The monoisotopic (exact) mass is 418 g/mol. The van der Waals surface area contributed by atoms with Crippen LogP contribution in [0.2, 0.25) is 0 Å². The van der Waals surface area contributed by atoms with E-state index in [2.05, 4.69) is 48.3 Å². The summed E-state index contributed by atoms with van der Waals surface area (Å²) in [4.78, 5) is 27.6. The summed E-state index contributed by atoms with van der Waals surface area (Å²) in [5, 5.41) is 3.49. The smallest absolute Gasteiger partial charge is 0.287 e. The maximum absolute atomic E-state index is 12.8. The molecule has 0 saturated carbocycles. The Labute approximate surface area is 183 Å². The molecule has 162 valence electrons. The number of benzene rings is 2. The van der Waals surface area contributed by atoms with Crippen molar-refractivity contribution in [1.82, 2.24) is 10.2 Å². The normalized spacial score (nSPS) is 15.8. The number of piperidine rings is 1. The van der Waals surface area contributed by atoms with Crippen LogP contribution in [0.5, 0.6) is 0 Å². The van der Waals surface area contributed by atoms with Gasteiger partial charge >= 0.3 is 0 Å². The van der Waals surface area contributed by atoms with Gasteiger partial charge in [-0.3, -0.25) is 14.5 Å². The Morgan fingerprint density at radius 2 is 1.68 bits per heavy atom. The highest BCUT2D eigenvalue weighted by molar-refractivity contribution is 5.93. The maximum atomic E-state index is 12.8. The van der Waals surface area contributed by atoms with Crippen LogP contribution in [0.15, 0.2) is 63.8 Å². The van der Waals surface area contributed by atoms with E-state index in [9.17, 15) is 9.59 Å². The standard InChI is InChI=1S/C26H30N2O3/c1-18(2)19-10-12-20(13-11-19)22(28-14-6-3-7-15-28)17-27-26(30)25-16-23(29)21-8-4-5-9-24(21)31-25/h4-5,8-13,16,18,22H,3,6-7,14-15,17H2,1-2H3,(H,27,30)/t22-/m1/s1. The van der Waals surface area contributed by atoms with Gasteiger partial charge in [0.05, 0.1) is 11.4 Å². The van der Waals surface area contributed by atoms with Crippen molar-refractivity contribution in [2.45, 2.75) is 45.1 Å². The Hall–Kier alpha value is -2.92. The van der Waals surface area contributed by atoms with Crippen molar-refractivity contribution in [3.8, 4) is 0 Å². The van der Waals surface area contributed by atoms with E-state index in [4.69, 9.17) is 4.42 Å². The van der Waals surface area contributed by atoms with E-state index in [1.807, 2.05) is 0 Å². The number of hydrogen-bond donors (Lipinski definition) is 1. The number of para-hydroxylation sites is 1. The number of carbonyl (C=O) groups excluding carboxylic acids is 1. The van der Waals surface area contributed by atoms with Gasteiger partial charge in [0.15, 0.2) is 11.2 Å². The van der Waals surface area contributed by atoms with Crippen molar-refractivity contribution in [2.24, 2.45) is 0 Å². The van der Waals surface area contributed by atoms with Gasteiger partial charge in [-0.15, -0.1) is 0 Å². The Bertz CT molecular complexity index is 1100. The summed E-state index contributed by atoms with van der Waals surface area (Å²) in [6.45, 7) is 6.90. The van der Waals surface area contributed by atoms with Gasteiger partial charge in [-0.1, -0.05) is 56.7 Å². The topological polar surface area (TPSA) is 62.6 Å². The zero-order valence-corrected chi connectivity index (χ0v) is 18.3. The zero-order valence-electron chi connectivity index (χ0n) is 18.3. The van der Waals surface area contributed by atoms with Crippen LogP contribution in [-0.2, 0) is 0 Å². The van der Waals surface area contributed by atoms with Crippen molar-refractivity contribution >= 4 is 16.9 Å². The summed E-state index contributed by atoms with van der Waals surface area (Å²) in [5.41, 5.74) is 2.73. The number of nitrogens with one attached hydrogen (secondary N) is 1. The highest BCUT2D eigenvalue weighted by atomic mass is 16.3. The first-order valence-corrected chi connectivity index (χ1v) is 11.2. The van der Waals surface area contributed by atoms with E-state index < -0.39 is 0 Å². The summed E-state index contributed by atoms with van der Waals surface area (Å²) in [6, 6.07) is 17.1. The molecule has 1 aliphatic rings. The highest BCUT2D eigenvalue weighted by Crippen LogP contribution is 2.26. The van der Waals surface area contributed by atoms with Crippen LogP contribution in [0.25, 0.3) is 11.0 Å². The van der Waals surface area contributed by atoms with E-state index in [0.717, 1.165) is 13.1 Å². The second-order valence-corrected chi connectivity index (χ2v) is 8.61. The van der Waals surface area contributed by atoms with Crippen LogP contribution in [0, 0.1) is 0 Å². The second kappa shape index (κ2) is 9.48. The molecule has 0 aliphatic carbocycles. The Kier molecular flexibility index (Phi) is 6.52. The number of nitrogens with zero attached hydrogens (tertiary/aromatic N) is 1. The molecule has 3 aromatic rings. The van der Waals surface area contributed by atoms with E-state index in [-0.39, 0.29) is 23.1 Å². The number of likely N-dealkylation sites (tertiary alicyclic amines) is 1. The van der Waals surface area contributed by atoms with Gasteiger partial charge in [-0.2, -0.15) is 0 Å². The SMILES string of the molecule is CC(C)c1ccc([C@@H](CNC(=O)c2cc(=O)c3ccccc3o2)N2CCCCC2)cc1. The molecule has 1 amide bonds. The first-order chi connectivity index (χ1) is 15.0. The molecule has 0 bridgehead atoms. The predicted molar refractivity (Wildman–Crippen MR) is 124 cm³/mol. The third-order valence-corrected chi connectivity index (χ3v) is 6.13. The largest absolute Gasteiger partial charge is 0.451 e. The zero-order chi connectivity index (χ0) is 21.8. The summed E-state index contributed by atoms with van der Waals surface area (Å²) >= 11 is 0. The molecule has 1 saturated heterocycles. The molecule has 0 unspecified atom stereocenters. The molecule has 4 rings (SSSR count). The molecule has 31 heavy (non-hydrogen) atoms. The van der Waals surface area contributed by atoms with Crippen molar-refractivity contribution < 1.29 is 9.21 Å². The van der Waals surface area contributed by atoms with E-state index in [1.165, 1.54) is 36.5 Å². The van der Waals surface area contributed by atoms with Gasteiger partial charge in [-0.05, 0) is 55.1 Å². The average molecular weight is 419 g/mol. The van der Waals surface area contributed by atoms with Crippen LogP contribution in [0.1, 0.15) is 66.8 Å². The molecule has 0 radical (unpaired) electrons. The lowest BCUT2D eigenvalue weighted by Gasteiger charge is -2.35. The minimum Gasteiger partial charge on any atom is -0.451 e. The van der Waals surface area contributed by atoms with Crippen LogP contribution in [0.4, 0.5) is 0 Å². The molecule has 5 nitrogen and oxygen atoms in total. The van der Waals surface area contributed by atoms with Gasteiger partial charge in [-0.25, -0.2) is 0 Å². The summed E-state index contributed by atoms with van der Waals surface area (Å²) in [6.07, 6.45) is 3.60. The Balaban J connectivity index is 1.54. The van der Waals surface area contributed by atoms with Crippen LogP contribution >= 0.6 is 0 Å². The number of amides is 1. The molecular weight excluding hydrogens is 388 g/mol. The van der Waals surface area contributed by atoms with Gasteiger partial charge < -0.3 is 9.73 Å². The van der Waals surface area contributed by atoms with Crippen molar-refractivity contribution in [3.05, 3.63) is 81.7 Å². The quantitative estimate of drug-likeness (QED) is 0.620. The van der Waals surface area contributed by atoms with E-state index in [0.29, 0.717) is 23.4 Å². The molecule has 1 fully saturated rings. The van der Waals surface area contributed by atoms with Crippen molar-refractivity contribution in [1.29, 1.82) is 0 Å². The lowest BCUT2D eigenvalue weighted by atomic mass is 9.97. The number of carbonyl (C=O) groups is 1. The molecule has 0 spiro atoms. The fourth-order valence-corrected chi connectivity index (χ4v) is 4.28. The van der Waals surface area contributed by atoms with Crippen molar-refractivity contribution in [2.75, 3.05) is 19.6 Å². The third kappa shape index (κ3) is 4.88. The van der Waals surface area contributed by atoms with Gasteiger partial charge in [0.25, 0.3) is 5.91 Å². The lowest BCUT2D eigenvalue weighted by Crippen LogP contribution is -2.40. The first-order valence-electron chi connectivity index (χ1n) is 11.2. The van der Waals surface area contributed by atoms with Gasteiger partial charge in [0.1, 0.15) is 5.58 Å². The number of hydrogen-bond acceptors (Lipinski definition) is 4. The molecule has 1 atom stereocenters. The molecule has 2 aromatic carbocycles. The molecule has 5 heteroatoms. The predicted octanol–water partition coefficient (Wildman–Crippen LogP) is 4.87. The third-order valence-electron chi connectivity index (χ3n) is 6.13. The van der Waals surface area contributed by atoms with Gasteiger partial charge in [0.2, 0.25) is 0 Å².